The normalized spacial score (nSPS) is 21.3. The van der Waals surface area contributed by atoms with Crippen LogP contribution in [0.5, 0.6) is 0 Å². The SMILES string of the molecule is CCNC(=NCC1(O)CCCCC1)N1CCC(OCCCOC)CC1.I. The average Bonchev–Trinajstić information content (AvgIpc) is 2.63. The van der Waals surface area contributed by atoms with Gasteiger partial charge >= 0.3 is 0 Å². The molecule has 2 rings (SSSR count). The molecule has 0 bridgehead atoms. The third-order valence-corrected chi connectivity index (χ3v) is 5.23. The minimum Gasteiger partial charge on any atom is -0.388 e. The van der Waals surface area contributed by atoms with Gasteiger partial charge in [0.1, 0.15) is 0 Å². The standard InChI is InChI=1S/C19H37N3O3.HI/c1-3-20-18(21-16-19(23)10-5-4-6-11-19)22-12-8-17(9-13-22)25-15-7-14-24-2;/h17,23H,3-16H2,1-2H3,(H,20,21);1H. The molecule has 2 fully saturated rings. The Bertz CT molecular complexity index is 395. The van der Waals surface area contributed by atoms with Gasteiger partial charge < -0.3 is 24.8 Å². The van der Waals surface area contributed by atoms with Crippen molar-refractivity contribution in [2.75, 3.05) is 46.5 Å². The first-order valence-electron chi connectivity index (χ1n) is 10.0. The summed E-state index contributed by atoms with van der Waals surface area (Å²) in [6.07, 6.45) is 8.61. The minimum atomic E-state index is -0.596. The molecule has 6 nitrogen and oxygen atoms in total. The van der Waals surface area contributed by atoms with Gasteiger partial charge in [0.15, 0.2) is 5.96 Å². The Balaban J connectivity index is 0.00000338. The lowest BCUT2D eigenvalue weighted by atomic mass is 9.85. The number of aliphatic hydroxyl groups is 1. The molecule has 0 spiro atoms. The lowest BCUT2D eigenvalue weighted by molar-refractivity contribution is 0.00781. The van der Waals surface area contributed by atoms with E-state index in [0.717, 1.165) is 83.8 Å². The van der Waals surface area contributed by atoms with Crippen molar-refractivity contribution in [2.45, 2.75) is 70.0 Å². The van der Waals surface area contributed by atoms with E-state index in [1.807, 2.05) is 0 Å². The van der Waals surface area contributed by atoms with Crippen molar-refractivity contribution in [3.05, 3.63) is 0 Å². The van der Waals surface area contributed by atoms with Gasteiger partial charge in [0.25, 0.3) is 0 Å². The number of nitrogens with zero attached hydrogens (tertiary/aromatic N) is 2. The Labute approximate surface area is 176 Å². The van der Waals surface area contributed by atoms with E-state index in [2.05, 4.69) is 17.1 Å². The third-order valence-electron chi connectivity index (χ3n) is 5.23. The largest absolute Gasteiger partial charge is 0.388 e. The van der Waals surface area contributed by atoms with Crippen LogP contribution < -0.4 is 5.32 Å². The average molecular weight is 483 g/mol. The topological polar surface area (TPSA) is 66.3 Å². The summed E-state index contributed by atoms with van der Waals surface area (Å²) in [7, 11) is 1.73. The molecular formula is C19H38IN3O3. The predicted molar refractivity (Wildman–Crippen MR) is 116 cm³/mol. The molecule has 26 heavy (non-hydrogen) atoms. The number of likely N-dealkylation sites (tertiary alicyclic amines) is 1. The zero-order valence-electron chi connectivity index (χ0n) is 16.5. The van der Waals surface area contributed by atoms with E-state index < -0.39 is 5.60 Å². The van der Waals surface area contributed by atoms with Gasteiger partial charge in [-0.15, -0.1) is 24.0 Å². The third kappa shape index (κ3) is 8.27. The zero-order valence-corrected chi connectivity index (χ0v) is 18.9. The first-order chi connectivity index (χ1) is 12.2. The minimum absolute atomic E-state index is 0. The second-order valence-corrected chi connectivity index (χ2v) is 7.36. The molecule has 1 heterocycles. The van der Waals surface area contributed by atoms with Crippen molar-refractivity contribution in [1.29, 1.82) is 0 Å². The van der Waals surface area contributed by atoms with Crippen LogP contribution in [0.1, 0.15) is 58.3 Å². The van der Waals surface area contributed by atoms with E-state index in [0.29, 0.717) is 12.6 Å². The summed E-state index contributed by atoms with van der Waals surface area (Å²) >= 11 is 0. The van der Waals surface area contributed by atoms with E-state index in [1.165, 1.54) is 6.42 Å². The highest BCUT2D eigenvalue weighted by Gasteiger charge is 2.29. The van der Waals surface area contributed by atoms with Crippen LogP contribution in [0.3, 0.4) is 0 Å². The molecule has 1 aliphatic carbocycles. The summed E-state index contributed by atoms with van der Waals surface area (Å²) in [4.78, 5) is 7.08. The fourth-order valence-corrected chi connectivity index (χ4v) is 3.70. The van der Waals surface area contributed by atoms with E-state index in [4.69, 9.17) is 14.5 Å². The lowest BCUT2D eigenvalue weighted by Gasteiger charge is -2.35. The summed E-state index contributed by atoms with van der Waals surface area (Å²) in [6, 6.07) is 0. The Morgan fingerprint density at radius 2 is 1.88 bits per heavy atom. The van der Waals surface area contributed by atoms with Crippen LogP contribution in [0.15, 0.2) is 4.99 Å². The smallest absolute Gasteiger partial charge is 0.194 e. The molecule has 7 heteroatoms. The van der Waals surface area contributed by atoms with Crippen molar-refractivity contribution >= 4 is 29.9 Å². The molecule has 0 aromatic heterocycles. The Hall–Kier alpha value is -0.120. The zero-order chi connectivity index (χ0) is 18.0. The molecule has 1 saturated carbocycles. The Morgan fingerprint density at radius 1 is 1.19 bits per heavy atom. The molecule has 2 N–H and O–H groups in total. The molecular weight excluding hydrogens is 445 g/mol. The van der Waals surface area contributed by atoms with Crippen molar-refractivity contribution < 1.29 is 14.6 Å². The van der Waals surface area contributed by atoms with Crippen LogP contribution in [0.4, 0.5) is 0 Å². The molecule has 154 valence electrons. The maximum Gasteiger partial charge on any atom is 0.194 e. The number of hydrogen-bond donors (Lipinski definition) is 2. The van der Waals surface area contributed by atoms with Gasteiger partial charge in [-0.25, -0.2) is 0 Å². The van der Waals surface area contributed by atoms with Gasteiger partial charge in [-0.05, 0) is 39.0 Å². The van der Waals surface area contributed by atoms with Crippen LogP contribution >= 0.6 is 24.0 Å². The molecule has 0 aromatic carbocycles. The molecule has 2 aliphatic rings. The quantitative estimate of drug-likeness (QED) is 0.241. The number of rotatable bonds is 8. The van der Waals surface area contributed by atoms with E-state index in [9.17, 15) is 5.11 Å². The number of nitrogens with one attached hydrogen (secondary N) is 1. The maximum absolute atomic E-state index is 10.7. The molecule has 0 amide bonds. The van der Waals surface area contributed by atoms with Crippen LogP contribution in [0.2, 0.25) is 0 Å². The van der Waals surface area contributed by atoms with Gasteiger partial charge in [-0.1, -0.05) is 19.3 Å². The van der Waals surface area contributed by atoms with Gasteiger partial charge in [0.05, 0.1) is 18.2 Å². The van der Waals surface area contributed by atoms with E-state index in [-0.39, 0.29) is 24.0 Å². The van der Waals surface area contributed by atoms with Gasteiger partial charge in [-0.2, -0.15) is 0 Å². The summed E-state index contributed by atoms with van der Waals surface area (Å²) in [6.45, 7) is 6.92. The number of guanidine groups is 1. The second-order valence-electron chi connectivity index (χ2n) is 7.36. The highest BCUT2D eigenvalue weighted by molar-refractivity contribution is 14.0. The fraction of sp³-hybridized carbons (Fsp3) is 0.947. The second kappa shape index (κ2) is 13.1. The van der Waals surface area contributed by atoms with Crippen molar-refractivity contribution in [1.82, 2.24) is 10.2 Å². The number of methoxy groups -OCH3 is 1. The molecule has 0 radical (unpaired) electrons. The molecule has 0 atom stereocenters. The van der Waals surface area contributed by atoms with E-state index >= 15 is 0 Å². The van der Waals surface area contributed by atoms with Crippen molar-refractivity contribution in [3.63, 3.8) is 0 Å². The summed E-state index contributed by atoms with van der Waals surface area (Å²) < 4.78 is 11.0. The van der Waals surface area contributed by atoms with Gasteiger partial charge in [-0.3, -0.25) is 4.99 Å². The predicted octanol–water partition coefficient (Wildman–Crippen LogP) is 2.78. The first kappa shape index (κ1) is 23.9. The summed E-state index contributed by atoms with van der Waals surface area (Å²) in [5, 5.41) is 14.1. The van der Waals surface area contributed by atoms with Crippen LogP contribution in [-0.4, -0.2) is 74.2 Å². The number of hydrogen-bond acceptors (Lipinski definition) is 4. The van der Waals surface area contributed by atoms with Crippen LogP contribution in [-0.2, 0) is 9.47 Å². The Morgan fingerprint density at radius 3 is 2.50 bits per heavy atom. The summed E-state index contributed by atoms with van der Waals surface area (Å²) in [5.74, 6) is 0.944. The van der Waals surface area contributed by atoms with Gasteiger partial charge in [0, 0.05) is 40.0 Å². The number of ether oxygens (including phenoxy) is 2. The van der Waals surface area contributed by atoms with Crippen molar-refractivity contribution in [2.24, 2.45) is 4.99 Å². The lowest BCUT2D eigenvalue weighted by Crippen LogP contribution is -2.48. The van der Waals surface area contributed by atoms with Gasteiger partial charge in [0.2, 0.25) is 0 Å². The Kier molecular flexibility index (Phi) is 12.1. The maximum atomic E-state index is 10.7. The highest BCUT2D eigenvalue weighted by Crippen LogP contribution is 2.28. The molecule has 0 unspecified atom stereocenters. The molecule has 1 saturated heterocycles. The number of halogens is 1. The number of aliphatic imine (C=N–C) groups is 1. The van der Waals surface area contributed by atoms with Crippen molar-refractivity contribution in [3.8, 4) is 0 Å². The molecule has 1 aliphatic heterocycles. The van der Waals surface area contributed by atoms with E-state index in [1.54, 1.807) is 7.11 Å². The van der Waals surface area contributed by atoms with Crippen LogP contribution in [0, 0.1) is 0 Å². The summed E-state index contributed by atoms with van der Waals surface area (Å²) in [5.41, 5.74) is -0.596. The van der Waals surface area contributed by atoms with Crippen LogP contribution in [0.25, 0.3) is 0 Å². The molecule has 0 aromatic rings. The number of piperidine rings is 1. The highest BCUT2D eigenvalue weighted by atomic mass is 127. The first-order valence-corrected chi connectivity index (χ1v) is 10.0. The fourth-order valence-electron chi connectivity index (χ4n) is 3.70. The monoisotopic (exact) mass is 483 g/mol.